The highest BCUT2D eigenvalue weighted by Crippen LogP contribution is 2.10. The van der Waals surface area contributed by atoms with Crippen LogP contribution in [0.3, 0.4) is 0 Å². The molecule has 1 aromatic rings. The average molecular weight is 261 g/mol. The number of hydrogen-bond donors (Lipinski definition) is 1. The van der Waals surface area contributed by atoms with E-state index in [-0.39, 0.29) is 18.6 Å². The lowest BCUT2D eigenvalue weighted by Gasteiger charge is -2.29. The van der Waals surface area contributed by atoms with Crippen LogP contribution >= 0.6 is 0 Å². The molecule has 1 aromatic carbocycles. The lowest BCUT2D eigenvalue weighted by molar-refractivity contribution is -0.128. The van der Waals surface area contributed by atoms with Crippen molar-refractivity contribution >= 4 is 12.0 Å². The minimum absolute atomic E-state index is 0.00141. The molecule has 0 radical (unpaired) electrons. The van der Waals surface area contributed by atoms with Gasteiger partial charge in [-0.15, -0.1) is 0 Å². The Morgan fingerprint density at radius 1 is 1.26 bits per heavy atom. The summed E-state index contributed by atoms with van der Waals surface area (Å²) in [5, 5.41) is 9.09. The molecule has 0 spiro atoms. The van der Waals surface area contributed by atoms with Crippen LogP contribution in [0.2, 0.25) is 0 Å². The molecule has 19 heavy (non-hydrogen) atoms. The predicted octanol–water partition coefficient (Wildman–Crippen LogP) is 2.71. The Bertz CT molecular complexity index is 396. The largest absolute Gasteiger partial charge is 0.395 e. The SMILES string of the molecule is CCC(CC)N(CCO)C(=O)C=Cc1ccccc1. The Morgan fingerprint density at radius 2 is 1.89 bits per heavy atom. The van der Waals surface area contributed by atoms with Gasteiger partial charge in [0, 0.05) is 18.7 Å². The van der Waals surface area contributed by atoms with Crippen molar-refractivity contribution < 1.29 is 9.90 Å². The minimum Gasteiger partial charge on any atom is -0.395 e. The molecular weight excluding hydrogens is 238 g/mol. The summed E-state index contributed by atoms with van der Waals surface area (Å²) in [6.45, 7) is 4.52. The summed E-state index contributed by atoms with van der Waals surface area (Å²) in [5.41, 5.74) is 1.00. The van der Waals surface area contributed by atoms with E-state index in [1.54, 1.807) is 11.0 Å². The van der Waals surface area contributed by atoms with Crippen molar-refractivity contribution in [3.8, 4) is 0 Å². The van der Waals surface area contributed by atoms with Gasteiger partial charge in [-0.1, -0.05) is 44.2 Å². The van der Waals surface area contributed by atoms with Gasteiger partial charge in [-0.2, -0.15) is 0 Å². The number of carbonyl (C=O) groups excluding carboxylic acids is 1. The van der Waals surface area contributed by atoms with E-state index in [1.165, 1.54) is 0 Å². The minimum atomic E-state index is -0.0356. The standard InChI is InChI=1S/C16H23NO2/c1-3-15(4-2)17(12-13-18)16(19)11-10-14-8-6-5-7-9-14/h5-11,15,18H,3-4,12-13H2,1-2H3. The highest BCUT2D eigenvalue weighted by molar-refractivity contribution is 5.92. The lowest BCUT2D eigenvalue weighted by atomic mass is 10.1. The molecular formula is C16H23NO2. The summed E-state index contributed by atoms with van der Waals surface area (Å²) in [6.07, 6.45) is 5.21. The molecule has 0 saturated heterocycles. The van der Waals surface area contributed by atoms with Crippen LogP contribution in [0.5, 0.6) is 0 Å². The highest BCUT2D eigenvalue weighted by Gasteiger charge is 2.18. The van der Waals surface area contributed by atoms with Crippen molar-refractivity contribution in [2.75, 3.05) is 13.2 Å². The van der Waals surface area contributed by atoms with Crippen LogP contribution in [-0.4, -0.2) is 35.1 Å². The molecule has 3 nitrogen and oxygen atoms in total. The van der Waals surface area contributed by atoms with Crippen molar-refractivity contribution in [3.63, 3.8) is 0 Å². The van der Waals surface area contributed by atoms with Gasteiger partial charge in [0.25, 0.3) is 0 Å². The van der Waals surface area contributed by atoms with E-state index in [0.29, 0.717) is 6.54 Å². The van der Waals surface area contributed by atoms with E-state index in [1.807, 2.05) is 36.4 Å². The second kappa shape index (κ2) is 8.48. The topological polar surface area (TPSA) is 40.5 Å². The van der Waals surface area contributed by atoms with Crippen LogP contribution in [0, 0.1) is 0 Å². The fourth-order valence-corrected chi connectivity index (χ4v) is 2.14. The first kappa shape index (κ1) is 15.4. The van der Waals surface area contributed by atoms with Crippen LogP contribution in [0.1, 0.15) is 32.3 Å². The van der Waals surface area contributed by atoms with Crippen LogP contribution < -0.4 is 0 Å². The lowest BCUT2D eigenvalue weighted by Crippen LogP contribution is -2.40. The van der Waals surface area contributed by atoms with Gasteiger partial charge in [-0.3, -0.25) is 4.79 Å². The normalized spacial score (nSPS) is 11.2. The second-order valence-corrected chi connectivity index (χ2v) is 4.47. The Labute approximate surface area is 115 Å². The van der Waals surface area contributed by atoms with Gasteiger partial charge >= 0.3 is 0 Å². The third-order valence-electron chi connectivity index (χ3n) is 3.23. The van der Waals surface area contributed by atoms with E-state index in [4.69, 9.17) is 5.11 Å². The van der Waals surface area contributed by atoms with E-state index in [2.05, 4.69) is 13.8 Å². The zero-order valence-electron chi connectivity index (χ0n) is 11.7. The molecule has 0 aliphatic carbocycles. The first-order chi connectivity index (χ1) is 9.22. The van der Waals surface area contributed by atoms with E-state index in [9.17, 15) is 4.79 Å². The van der Waals surface area contributed by atoms with Gasteiger partial charge in [0.1, 0.15) is 0 Å². The number of nitrogens with zero attached hydrogens (tertiary/aromatic N) is 1. The number of hydrogen-bond acceptors (Lipinski definition) is 2. The number of carbonyl (C=O) groups is 1. The first-order valence-electron chi connectivity index (χ1n) is 6.87. The third-order valence-corrected chi connectivity index (χ3v) is 3.23. The highest BCUT2D eigenvalue weighted by atomic mass is 16.3. The number of benzene rings is 1. The maximum Gasteiger partial charge on any atom is 0.246 e. The zero-order chi connectivity index (χ0) is 14.1. The van der Waals surface area contributed by atoms with E-state index in [0.717, 1.165) is 18.4 Å². The summed E-state index contributed by atoms with van der Waals surface area (Å²) >= 11 is 0. The molecule has 0 heterocycles. The zero-order valence-corrected chi connectivity index (χ0v) is 11.7. The van der Waals surface area contributed by atoms with Gasteiger partial charge in [-0.25, -0.2) is 0 Å². The Hall–Kier alpha value is -1.61. The van der Waals surface area contributed by atoms with Crippen LogP contribution in [0.15, 0.2) is 36.4 Å². The van der Waals surface area contributed by atoms with E-state index < -0.39 is 0 Å². The van der Waals surface area contributed by atoms with Gasteiger partial charge in [-0.05, 0) is 24.5 Å². The fraction of sp³-hybridized carbons (Fsp3) is 0.438. The summed E-state index contributed by atoms with van der Waals surface area (Å²) < 4.78 is 0. The molecule has 0 bridgehead atoms. The number of rotatable bonds is 7. The molecule has 0 atom stereocenters. The molecule has 0 saturated carbocycles. The number of amides is 1. The molecule has 0 aliphatic heterocycles. The quantitative estimate of drug-likeness (QED) is 0.767. The number of aliphatic hydroxyl groups excluding tert-OH is 1. The summed E-state index contributed by atoms with van der Waals surface area (Å²) in [4.78, 5) is 13.9. The average Bonchev–Trinajstić information content (AvgIpc) is 2.46. The van der Waals surface area contributed by atoms with Gasteiger partial charge in [0.05, 0.1) is 6.61 Å². The van der Waals surface area contributed by atoms with Crippen molar-refractivity contribution in [1.82, 2.24) is 4.90 Å². The molecule has 104 valence electrons. The van der Waals surface area contributed by atoms with Gasteiger partial charge in [0.2, 0.25) is 5.91 Å². The van der Waals surface area contributed by atoms with Crippen LogP contribution in [0.25, 0.3) is 6.08 Å². The van der Waals surface area contributed by atoms with Gasteiger partial charge < -0.3 is 10.0 Å². The second-order valence-electron chi connectivity index (χ2n) is 4.47. The molecule has 0 unspecified atom stereocenters. The smallest absolute Gasteiger partial charge is 0.246 e. The van der Waals surface area contributed by atoms with Crippen molar-refractivity contribution in [2.45, 2.75) is 32.7 Å². The summed E-state index contributed by atoms with van der Waals surface area (Å²) in [5.74, 6) is -0.0356. The maximum absolute atomic E-state index is 12.2. The molecule has 0 aromatic heterocycles. The maximum atomic E-state index is 12.2. The molecule has 0 aliphatic rings. The number of aliphatic hydroxyl groups is 1. The van der Waals surface area contributed by atoms with Gasteiger partial charge in [0.15, 0.2) is 0 Å². The summed E-state index contributed by atoms with van der Waals surface area (Å²) in [7, 11) is 0. The molecule has 3 heteroatoms. The van der Waals surface area contributed by atoms with E-state index >= 15 is 0 Å². The monoisotopic (exact) mass is 261 g/mol. The fourth-order valence-electron chi connectivity index (χ4n) is 2.14. The molecule has 0 fully saturated rings. The summed E-state index contributed by atoms with van der Waals surface area (Å²) in [6, 6.07) is 9.93. The van der Waals surface area contributed by atoms with Crippen LogP contribution in [0.4, 0.5) is 0 Å². The molecule has 1 rings (SSSR count). The van der Waals surface area contributed by atoms with Crippen molar-refractivity contribution in [2.24, 2.45) is 0 Å². The van der Waals surface area contributed by atoms with Crippen molar-refractivity contribution in [1.29, 1.82) is 0 Å². The molecule has 1 amide bonds. The Morgan fingerprint density at radius 3 is 2.42 bits per heavy atom. The first-order valence-corrected chi connectivity index (χ1v) is 6.87. The van der Waals surface area contributed by atoms with Crippen LogP contribution in [-0.2, 0) is 4.79 Å². The Balaban J connectivity index is 2.74. The van der Waals surface area contributed by atoms with Crippen molar-refractivity contribution in [3.05, 3.63) is 42.0 Å². The predicted molar refractivity (Wildman–Crippen MR) is 78.6 cm³/mol. The molecule has 1 N–H and O–H groups in total. The Kier molecular flexibility index (Phi) is 6.90. The third kappa shape index (κ3) is 4.87.